The third-order valence-corrected chi connectivity index (χ3v) is 0.496. The average molecular weight is 102 g/mol. The van der Waals surface area contributed by atoms with E-state index >= 15 is 0 Å². The van der Waals surface area contributed by atoms with Gasteiger partial charge in [0.15, 0.2) is 0 Å². The summed E-state index contributed by atoms with van der Waals surface area (Å²) in [6.45, 7) is 1.73. The highest BCUT2D eigenvalue weighted by molar-refractivity contribution is 5.72. The molecule has 0 unspecified atom stereocenters. The maximum absolute atomic E-state index is 10.1. The number of hydrogen-bond donors (Lipinski definition) is 0. The van der Waals surface area contributed by atoms with Crippen LogP contribution in [0.4, 0.5) is 0 Å². The lowest BCUT2D eigenvalue weighted by molar-refractivity contribution is 0.196. The molecular formula is C4H8NO2. The molecule has 0 rings (SSSR count). The second-order valence-corrected chi connectivity index (χ2v) is 1.02. The van der Waals surface area contributed by atoms with E-state index in [0.29, 0.717) is 6.42 Å². The maximum Gasteiger partial charge on any atom is 0.280 e. The molecule has 0 N–H and O–H groups in total. The smallest absolute Gasteiger partial charge is 0.280 e. The van der Waals surface area contributed by atoms with Gasteiger partial charge in [-0.15, -0.1) is 0 Å². The Morgan fingerprint density at radius 1 is 1.86 bits per heavy atom. The lowest BCUT2D eigenvalue weighted by atomic mass is 10.5. The van der Waals surface area contributed by atoms with Crippen LogP contribution in [0.2, 0.25) is 0 Å². The van der Waals surface area contributed by atoms with Crippen molar-refractivity contribution in [2.75, 3.05) is 7.11 Å². The van der Waals surface area contributed by atoms with Gasteiger partial charge < -0.3 is 4.84 Å². The highest BCUT2D eigenvalue weighted by Crippen LogP contribution is 1.79. The molecule has 0 aromatic heterocycles. The van der Waals surface area contributed by atoms with Gasteiger partial charge in [-0.25, -0.2) is 0 Å². The van der Waals surface area contributed by atoms with Gasteiger partial charge in [0.1, 0.15) is 7.11 Å². The molecule has 0 bridgehead atoms. The normalized spacial score (nSPS) is 11.4. The molecule has 41 valence electrons. The molecule has 3 heteroatoms. The molecule has 7 heavy (non-hydrogen) atoms. The van der Waals surface area contributed by atoms with Crippen LogP contribution < -0.4 is 0 Å². The minimum atomic E-state index is -0.220. The number of hydrogen-bond acceptors (Lipinski definition) is 2. The van der Waals surface area contributed by atoms with E-state index in [4.69, 9.17) is 0 Å². The first-order valence-corrected chi connectivity index (χ1v) is 2.08. The lowest BCUT2D eigenvalue weighted by Gasteiger charge is -1.83. The van der Waals surface area contributed by atoms with Gasteiger partial charge in [-0.2, -0.15) is 0 Å². The summed E-state index contributed by atoms with van der Waals surface area (Å²) in [6.07, 6.45) is 0.411. The quantitative estimate of drug-likeness (QED) is 0.288. The van der Waals surface area contributed by atoms with E-state index in [-0.39, 0.29) is 5.90 Å². The molecule has 0 saturated heterocycles. The van der Waals surface area contributed by atoms with E-state index in [2.05, 4.69) is 9.99 Å². The van der Waals surface area contributed by atoms with Crippen LogP contribution in [0.15, 0.2) is 5.16 Å². The van der Waals surface area contributed by atoms with Crippen molar-refractivity contribution >= 4 is 5.90 Å². The highest BCUT2D eigenvalue weighted by Gasteiger charge is 1.88. The zero-order valence-corrected chi connectivity index (χ0v) is 4.47. The molecule has 0 aliphatic carbocycles. The number of oxime groups is 1. The molecular weight excluding hydrogens is 94.0 g/mol. The lowest BCUT2D eigenvalue weighted by Crippen LogP contribution is -1.89. The molecule has 3 nitrogen and oxygen atoms in total. The zero-order valence-electron chi connectivity index (χ0n) is 4.47. The van der Waals surface area contributed by atoms with E-state index in [9.17, 15) is 5.11 Å². The Balaban J connectivity index is 3.29. The zero-order chi connectivity index (χ0) is 5.70. The summed E-state index contributed by atoms with van der Waals surface area (Å²) in [5.74, 6) is -0.220. The van der Waals surface area contributed by atoms with Gasteiger partial charge in [-0.05, 0) is 5.16 Å². The third-order valence-electron chi connectivity index (χ3n) is 0.496. The fourth-order valence-corrected chi connectivity index (χ4v) is 0.166. The highest BCUT2D eigenvalue weighted by atomic mass is 16.6. The van der Waals surface area contributed by atoms with Crippen molar-refractivity contribution in [3.63, 3.8) is 0 Å². The molecule has 0 aromatic carbocycles. The summed E-state index contributed by atoms with van der Waals surface area (Å²) in [6, 6.07) is 0. The molecule has 0 spiro atoms. The Morgan fingerprint density at radius 3 is 2.57 bits per heavy atom. The van der Waals surface area contributed by atoms with Gasteiger partial charge in [0.2, 0.25) is 0 Å². The summed E-state index contributed by atoms with van der Waals surface area (Å²) in [7, 11) is 1.35. The van der Waals surface area contributed by atoms with E-state index in [1.807, 2.05) is 0 Å². The van der Waals surface area contributed by atoms with E-state index in [1.165, 1.54) is 7.11 Å². The van der Waals surface area contributed by atoms with Crippen LogP contribution in [-0.2, 0) is 9.94 Å². The van der Waals surface area contributed by atoms with Crippen molar-refractivity contribution in [3.05, 3.63) is 0 Å². The molecule has 0 aliphatic rings. The van der Waals surface area contributed by atoms with Crippen LogP contribution in [-0.4, -0.2) is 13.0 Å². The Morgan fingerprint density at radius 2 is 2.43 bits per heavy atom. The fourth-order valence-electron chi connectivity index (χ4n) is 0.166. The maximum atomic E-state index is 10.1. The molecule has 0 saturated carbocycles. The Hall–Kier alpha value is -0.730. The molecule has 1 radical (unpaired) electrons. The van der Waals surface area contributed by atoms with Crippen molar-refractivity contribution in [2.24, 2.45) is 5.16 Å². The monoisotopic (exact) mass is 102 g/mol. The third kappa shape index (κ3) is 3.09. The second kappa shape index (κ2) is 3.46. The molecule has 0 amide bonds. The second-order valence-electron chi connectivity index (χ2n) is 1.02. The fraction of sp³-hybridized carbons (Fsp3) is 0.750. The van der Waals surface area contributed by atoms with Crippen LogP contribution in [0.3, 0.4) is 0 Å². The molecule has 0 heterocycles. The Kier molecular flexibility index (Phi) is 3.10. The van der Waals surface area contributed by atoms with Crippen molar-refractivity contribution < 1.29 is 9.94 Å². The van der Waals surface area contributed by atoms with Gasteiger partial charge in [-0.3, -0.25) is 5.11 Å². The van der Waals surface area contributed by atoms with Crippen molar-refractivity contribution in [2.45, 2.75) is 13.3 Å². The molecule has 0 fully saturated rings. The van der Waals surface area contributed by atoms with Crippen LogP contribution in [0.5, 0.6) is 0 Å². The van der Waals surface area contributed by atoms with Crippen LogP contribution in [0, 0.1) is 0 Å². The average Bonchev–Trinajstić information content (AvgIpc) is 1.68. The topological polar surface area (TPSA) is 41.5 Å². The Labute approximate surface area is 42.6 Å². The van der Waals surface area contributed by atoms with Crippen molar-refractivity contribution in [1.82, 2.24) is 0 Å². The standard InChI is InChI=1S/C4H8NO2/c1-3-4(6)5-7-2/h3H2,1-2H3/b5-4+. The number of nitrogens with zero attached hydrogens (tertiary/aromatic N) is 1. The van der Waals surface area contributed by atoms with Gasteiger partial charge in [0, 0.05) is 6.42 Å². The van der Waals surface area contributed by atoms with Crippen LogP contribution in [0.25, 0.3) is 0 Å². The summed E-state index contributed by atoms with van der Waals surface area (Å²) >= 11 is 0. The summed E-state index contributed by atoms with van der Waals surface area (Å²) in [5, 5.41) is 13.2. The first kappa shape index (κ1) is 6.27. The van der Waals surface area contributed by atoms with Crippen LogP contribution in [0.1, 0.15) is 13.3 Å². The molecule has 0 aromatic rings. The SMILES string of the molecule is CC/C([O])=N\OC. The minimum Gasteiger partial charge on any atom is -0.396 e. The van der Waals surface area contributed by atoms with E-state index < -0.39 is 0 Å². The molecule has 0 atom stereocenters. The predicted molar refractivity (Wildman–Crippen MR) is 25.4 cm³/mol. The molecule has 0 aliphatic heterocycles. The Bertz CT molecular complexity index is 70.1. The van der Waals surface area contributed by atoms with E-state index in [1.54, 1.807) is 6.92 Å². The van der Waals surface area contributed by atoms with Gasteiger partial charge in [-0.1, -0.05) is 6.92 Å². The van der Waals surface area contributed by atoms with Crippen molar-refractivity contribution in [1.29, 1.82) is 0 Å². The van der Waals surface area contributed by atoms with Crippen LogP contribution >= 0.6 is 0 Å². The minimum absolute atomic E-state index is 0.220. The van der Waals surface area contributed by atoms with Gasteiger partial charge in [0.05, 0.1) is 0 Å². The summed E-state index contributed by atoms with van der Waals surface area (Å²) < 4.78 is 0. The number of rotatable bonds is 2. The van der Waals surface area contributed by atoms with E-state index in [0.717, 1.165) is 0 Å². The first-order valence-electron chi connectivity index (χ1n) is 2.08. The summed E-state index contributed by atoms with van der Waals surface area (Å²) in [5.41, 5.74) is 0. The van der Waals surface area contributed by atoms with Gasteiger partial charge in [0.25, 0.3) is 5.90 Å². The largest absolute Gasteiger partial charge is 0.396 e. The first-order chi connectivity index (χ1) is 3.31. The summed E-state index contributed by atoms with van der Waals surface area (Å²) in [4.78, 5) is 4.17. The van der Waals surface area contributed by atoms with Gasteiger partial charge >= 0.3 is 0 Å². The predicted octanol–water partition coefficient (Wildman–Crippen LogP) is 0.787. The van der Waals surface area contributed by atoms with Crippen molar-refractivity contribution in [3.8, 4) is 0 Å².